The van der Waals surface area contributed by atoms with E-state index in [0.29, 0.717) is 17.9 Å². The minimum atomic E-state index is -0.761. The van der Waals surface area contributed by atoms with E-state index in [0.717, 1.165) is 19.3 Å². The van der Waals surface area contributed by atoms with Crippen molar-refractivity contribution in [3.05, 3.63) is 24.0 Å². The number of carboxylic acids is 1. The fourth-order valence-corrected chi connectivity index (χ4v) is 2.33. The highest BCUT2D eigenvalue weighted by atomic mass is 16.4. The number of nitrogens with zero attached hydrogens (tertiary/aromatic N) is 2. The van der Waals surface area contributed by atoms with Crippen molar-refractivity contribution in [2.24, 2.45) is 5.41 Å². The van der Waals surface area contributed by atoms with E-state index in [2.05, 4.69) is 10.3 Å². The molecule has 0 radical (unpaired) electrons. The van der Waals surface area contributed by atoms with Crippen molar-refractivity contribution in [1.29, 1.82) is 5.26 Å². The molecule has 18 heavy (non-hydrogen) atoms. The average Bonchev–Trinajstić information content (AvgIpc) is 2.32. The number of nitrogens with one attached hydrogen (secondary N) is 1. The predicted octanol–water partition coefficient (Wildman–Crippen LogP) is 2.01. The molecule has 1 saturated carbocycles. The monoisotopic (exact) mass is 245 g/mol. The van der Waals surface area contributed by atoms with Gasteiger partial charge in [-0.1, -0.05) is 6.42 Å². The lowest BCUT2D eigenvalue weighted by Gasteiger charge is -2.41. The van der Waals surface area contributed by atoms with Crippen molar-refractivity contribution in [2.75, 3.05) is 11.9 Å². The number of rotatable bonds is 5. The molecule has 1 heterocycles. The van der Waals surface area contributed by atoms with Gasteiger partial charge in [0.2, 0.25) is 0 Å². The molecule has 0 unspecified atom stereocenters. The van der Waals surface area contributed by atoms with Crippen LogP contribution in [0.5, 0.6) is 0 Å². The lowest BCUT2D eigenvalue weighted by Crippen LogP contribution is -2.38. The minimum Gasteiger partial charge on any atom is -0.481 e. The summed E-state index contributed by atoms with van der Waals surface area (Å²) < 4.78 is 0. The van der Waals surface area contributed by atoms with Crippen LogP contribution in [0.4, 0.5) is 5.69 Å². The fraction of sp³-hybridized carbons (Fsp3) is 0.462. The van der Waals surface area contributed by atoms with Crippen molar-refractivity contribution < 1.29 is 9.90 Å². The second kappa shape index (κ2) is 5.05. The molecule has 1 aliphatic carbocycles. The number of anilines is 1. The van der Waals surface area contributed by atoms with Crippen LogP contribution in [-0.4, -0.2) is 22.6 Å². The van der Waals surface area contributed by atoms with Crippen molar-refractivity contribution in [3.8, 4) is 6.07 Å². The Morgan fingerprint density at radius 3 is 2.94 bits per heavy atom. The fourth-order valence-electron chi connectivity index (χ4n) is 2.33. The Morgan fingerprint density at radius 1 is 1.61 bits per heavy atom. The van der Waals surface area contributed by atoms with Crippen LogP contribution < -0.4 is 5.32 Å². The molecule has 2 N–H and O–H groups in total. The summed E-state index contributed by atoms with van der Waals surface area (Å²) >= 11 is 0. The maximum Gasteiger partial charge on any atom is 0.303 e. The van der Waals surface area contributed by atoms with Crippen LogP contribution in [0.1, 0.15) is 31.4 Å². The molecule has 0 bridgehead atoms. The van der Waals surface area contributed by atoms with Gasteiger partial charge < -0.3 is 10.4 Å². The molecule has 0 aliphatic heterocycles. The molecule has 5 nitrogen and oxygen atoms in total. The third-order valence-corrected chi connectivity index (χ3v) is 3.51. The summed E-state index contributed by atoms with van der Waals surface area (Å²) in [6, 6.07) is 5.57. The maximum atomic E-state index is 10.8. The van der Waals surface area contributed by atoms with Gasteiger partial charge in [-0.2, -0.15) is 5.26 Å². The SMILES string of the molecule is N#Cc1ncccc1NCC1(CC(=O)O)CCC1. The molecule has 0 atom stereocenters. The highest BCUT2D eigenvalue weighted by molar-refractivity contribution is 5.68. The molecule has 0 aromatic carbocycles. The van der Waals surface area contributed by atoms with Crippen LogP contribution in [0.25, 0.3) is 0 Å². The molecule has 1 aliphatic rings. The van der Waals surface area contributed by atoms with Gasteiger partial charge in [0.25, 0.3) is 0 Å². The second-order valence-corrected chi connectivity index (χ2v) is 4.79. The lowest BCUT2D eigenvalue weighted by molar-refractivity contribution is -0.141. The zero-order chi connectivity index (χ0) is 13.0. The maximum absolute atomic E-state index is 10.8. The van der Waals surface area contributed by atoms with Gasteiger partial charge in [-0.25, -0.2) is 4.98 Å². The zero-order valence-electron chi connectivity index (χ0n) is 10.0. The van der Waals surface area contributed by atoms with E-state index >= 15 is 0 Å². The van der Waals surface area contributed by atoms with Crippen molar-refractivity contribution in [3.63, 3.8) is 0 Å². The molecule has 0 saturated heterocycles. The first-order valence-electron chi connectivity index (χ1n) is 5.96. The summed E-state index contributed by atoms with van der Waals surface area (Å²) in [4.78, 5) is 14.8. The normalized spacial score (nSPS) is 16.4. The number of hydrogen-bond donors (Lipinski definition) is 2. The lowest BCUT2D eigenvalue weighted by atomic mass is 9.66. The Kier molecular flexibility index (Phi) is 3.47. The highest BCUT2D eigenvalue weighted by Gasteiger charge is 2.38. The third kappa shape index (κ3) is 2.59. The van der Waals surface area contributed by atoms with Crippen LogP contribution in [-0.2, 0) is 4.79 Å². The van der Waals surface area contributed by atoms with Gasteiger partial charge in [-0.3, -0.25) is 4.79 Å². The van der Waals surface area contributed by atoms with E-state index in [9.17, 15) is 4.79 Å². The third-order valence-electron chi connectivity index (χ3n) is 3.51. The summed E-state index contributed by atoms with van der Waals surface area (Å²) in [7, 11) is 0. The number of carbonyl (C=O) groups is 1. The van der Waals surface area contributed by atoms with Gasteiger partial charge in [0.1, 0.15) is 6.07 Å². The number of aromatic nitrogens is 1. The number of nitriles is 1. The first-order valence-corrected chi connectivity index (χ1v) is 5.96. The summed E-state index contributed by atoms with van der Waals surface area (Å²) in [6.07, 6.45) is 4.68. The smallest absolute Gasteiger partial charge is 0.303 e. The van der Waals surface area contributed by atoms with E-state index in [1.54, 1.807) is 18.3 Å². The van der Waals surface area contributed by atoms with Crippen LogP contribution >= 0.6 is 0 Å². The number of pyridine rings is 1. The number of hydrogen-bond acceptors (Lipinski definition) is 4. The van der Waals surface area contributed by atoms with E-state index in [4.69, 9.17) is 10.4 Å². The van der Waals surface area contributed by atoms with Crippen LogP contribution in [0.15, 0.2) is 18.3 Å². The molecule has 1 fully saturated rings. The molecule has 94 valence electrons. The standard InChI is InChI=1S/C13H15N3O2/c14-8-11-10(3-1-6-15-11)16-9-13(4-2-5-13)7-12(17)18/h1,3,6,16H,2,4-5,7,9H2,(H,17,18). The van der Waals surface area contributed by atoms with Crippen molar-refractivity contribution >= 4 is 11.7 Å². The van der Waals surface area contributed by atoms with Crippen LogP contribution in [0, 0.1) is 16.7 Å². The average molecular weight is 245 g/mol. The summed E-state index contributed by atoms with van der Waals surface area (Å²) in [6.45, 7) is 0.583. The van der Waals surface area contributed by atoms with Gasteiger partial charge in [-0.15, -0.1) is 0 Å². The quantitative estimate of drug-likeness (QED) is 0.828. The van der Waals surface area contributed by atoms with E-state index in [-0.39, 0.29) is 11.8 Å². The highest BCUT2D eigenvalue weighted by Crippen LogP contribution is 2.44. The molecule has 0 spiro atoms. The number of carboxylic acid groups (broad SMARTS) is 1. The first-order chi connectivity index (χ1) is 8.65. The van der Waals surface area contributed by atoms with Crippen LogP contribution in [0.3, 0.4) is 0 Å². The summed E-state index contributed by atoms with van der Waals surface area (Å²) in [5.41, 5.74) is 0.868. The Hall–Kier alpha value is -2.09. The Bertz CT molecular complexity index is 489. The van der Waals surface area contributed by atoms with Gasteiger partial charge in [0.15, 0.2) is 5.69 Å². The van der Waals surface area contributed by atoms with Gasteiger partial charge in [-0.05, 0) is 30.4 Å². The minimum absolute atomic E-state index is 0.158. The molecule has 0 amide bonds. The molecule has 2 rings (SSSR count). The molecule has 1 aromatic heterocycles. The van der Waals surface area contributed by atoms with Crippen molar-refractivity contribution in [1.82, 2.24) is 4.98 Å². The van der Waals surface area contributed by atoms with Gasteiger partial charge in [0, 0.05) is 12.7 Å². The molecular formula is C13H15N3O2. The molecular weight excluding hydrogens is 230 g/mol. The van der Waals surface area contributed by atoms with E-state index in [1.165, 1.54) is 0 Å². The largest absolute Gasteiger partial charge is 0.481 e. The molecule has 1 aromatic rings. The van der Waals surface area contributed by atoms with Crippen molar-refractivity contribution in [2.45, 2.75) is 25.7 Å². The summed E-state index contributed by atoms with van der Waals surface area (Å²) in [5.74, 6) is -0.761. The molecule has 5 heteroatoms. The Labute approximate surface area is 105 Å². The van der Waals surface area contributed by atoms with E-state index < -0.39 is 5.97 Å². The number of aliphatic carboxylic acids is 1. The predicted molar refractivity (Wildman–Crippen MR) is 66.0 cm³/mol. The first kappa shape index (κ1) is 12.4. The summed E-state index contributed by atoms with van der Waals surface area (Å²) in [5, 5.41) is 21.0. The topological polar surface area (TPSA) is 86.0 Å². The van der Waals surface area contributed by atoms with Gasteiger partial charge in [0.05, 0.1) is 12.1 Å². The van der Waals surface area contributed by atoms with E-state index in [1.807, 2.05) is 6.07 Å². The zero-order valence-corrected chi connectivity index (χ0v) is 10.0. The van der Waals surface area contributed by atoms with Gasteiger partial charge >= 0.3 is 5.97 Å². The second-order valence-electron chi connectivity index (χ2n) is 4.79. The van der Waals surface area contributed by atoms with Crippen LogP contribution in [0.2, 0.25) is 0 Å². The Morgan fingerprint density at radius 2 is 2.39 bits per heavy atom. The Balaban J connectivity index is 2.02.